The molecule has 2 aromatic rings. The van der Waals surface area contributed by atoms with E-state index in [2.05, 4.69) is 30.0 Å². The fourth-order valence-electron chi connectivity index (χ4n) is 5.20. The molecule has 4 nitrogen and oxygen atoms in total. The molecule has 2 aliphatic heterocycles. The minimum atomic E-state index is -1.42. The first-order valence-electron chi connectivity index (χ1n) is 13.2. The van der Waals surface area contributed by atoms with Crippen LogP contribution in [-0.2, 0) is 26.5 Å². The van der Waals surface area contributed by atoms with Crippen molar-refractivity contribution < 1.29 is 13.2 Å². The van der Waals surface area contributed by atoms with Crippen LogP contribution in [0, 0.1) is 12.8 Å². The maximum Gasteiger partial charge on any atom is 0.193 e. The van der Waals surface area contributed by atoms with Crippen LogP contribution in [0.25, 0.3) is 0 Å². The Morgan fingerprint density at radius 3 is 2.54 bits per heavy atom. The number of benzene rings is 2. The number of carbonyl (C=O) groups excluding carboxylic acids is 1. The van der Waals surface area contributed by atoms with Crippen LogP contribution in [0.3, 0.4) is 0 Å². The van der Waals surface area contributed by atoms with Crippen molar-refractivity contribution in [3.05, 3.63) is 59.2 Å². The molecule has 35 heavy (non-hydrogen) atoms. The fourth-order valence-corrected chi connectivity index (χ4v) is 7.08. The lowest BCUT2D eigenvalue weighted by molar-refractivity contribution is -0.111. The summed E-state index contributed by atoms with van der Waals surface area (Å²) in [4.78, 5) is 17.2. The van der Waals surface area contributed by atoms with E-state index in [0.29, 0.717) is 34.9 Å². The van der Waals surface area contributed by atoms with Gasteiger partial charge < -0.3 is 4.90 Å². The second-order valence-corrected chi connectivity index (χ2v) is 12.4. The summed E-state index contributed by atoms with van der Waals surface area (Å²) in [6, 6.07) is 14.3. The van der Waals surface area contributed by atoms with Crippen molar-refractivity contribution in [1.82, 2.24) is 4.90 Å². The summed E-state index contributed by atoms with van der Waals surface area (Å²) >= 11 is 0.00444. The number of thioether (sulfide) groups is 1. The quantitative estimate of drug-likeness (QED) is 0.350. The molecule has 3 atom stereocenters. The normalized spacial score (nSPS) is 22.3. The number of rotatable bonds is 9. The van der Waals surface area contributed by atoms with Gasteiger partial charge in [-0.2, -0.15) is 0 Å². The van der Waals surface area contributed by atoms with Crippen LogP contribution < -0.4 is 0 Å². The molecule has 190 valence electrons. The Labute approximate surface area is 217 Å². The predicted octanol–water partition coefficient (Wildman–Crippen LogP) is 6.68. The molecule has 0 N–H and O–H groups in total. The van der Waals surface area contributed by atoms with Gasteiger partial charge in [0.15, 0.2) is 16.2 Å². The Morgan fingerprint density at radius 2 is 1.80 bits per heavy atom. The van der Waals surface area contributed by atoms with E-state index >= 15 is 0 Å². The second-order valence-electron chi connectivity index (χ2n) is 10.1. The molecule has 1 saturated heterocycles. The standard InChI is InChI=1S/C29H39NO3S2/c1-22-9-12-26(13-10-22)35(32)33-19-7-8-24-11-14-27-23(2)25(21-29(31)34-28(27)20-24)15-18-30-16-5-3-4-6-17-30/h9-14,20,23,25H,3-8,15-19,21H2,1-2H3. The van der Waals surface area contributed by atoms with Gasteiger partial charge in [0.1, 0.15) is 0 Å². The highest BCUT2D eigenvalue weighted by molar-refractivity contribution is 8.13. The van der Waals surface area contributed by atoms with Crippen LogP contribution in [0.5, 0.6) is 0 Å². The molecule has 0 aromatic heterocycles. The third-order valence-corrected chi connectivity index (χ3v) is 9.46. The summed E-state index contributed by atoms with van der Waals surface area (Å²) in [5.74, 6) is 0.806. The van der Waals surface area contributed by atoms with Gasteiger partial charge in [-0.05, 0) is 99.8 Å². The number of fused-ring (bicyclic) bond motifs is 1. The summed E-state index contributed by atoms with van der Waals surface area (Å²) in [7, 11) is 0. The maximum atomic E-state index is 12.8. The summed E-state index contributed by atoms with van der Waals surface area (Å²) in [5.41, 5.74) is 3.68. The van der Waals surface area contributed by atoms with Gasteiger partial charge in [0.25, 0.3) is 0 Å². The van der Waals surface area contributed by atoms with Crippen LogP contribution in [0.2, 0.25) is 0 Å². The molecule has 0 bridgehead atoms. The van der Waals surface area contributed by atoms with Gasteiger partial charge in [-0.3, -0.25) is 8.98 Å². The highest BCUT2D eigenvalue weighted by Gasteiger charge is 2.29. The van der Waals surface area contributed by atoms with Gasteiger partial charge in [0.05, 0.1) is 11.5 Å². The average molecular weight is 514 g/mol. The molecule has 0 aliphatic carbocycles. The highest BCUT2D eigenvalue weighted by atomic mass is 32.2. The first kappa shape index (κ1) is 26.6. The zero-order valence-electron chi connectivity index (χ0n) is 21.2. The Kier molecular flexibility index (Phi) is 10.0. The molecular weight excluding hydrogens is 474 g/mol. The van der Waals surface area contributed by atoms with Crippen LogP contribution in [0.1, 0.15) is 74.5 Å². The van der Waals surface area contributed by atoms with Crippen molar-refractivity contribution in [3.63, 3.8) is 0 Å². The topological polar surface area (TPSA) is 46.6 Å². The van der Waals surface area contributed by atoms with Crippen LogP contribution in [0.4, 0.5) is 0 Å². The van der Waals surface area contributed by atoms with Gasteiger partial charge in [0, 0.05) is 11.3 Å². The first-order chi connectivity index (χ1) is 17.0. The fraction of sp³-hybridized carbons (Fsp3) is 0.552. The molecular formula is C29H39NO3S2. The van der Waals surface area contributed by atoms with E-state index in [9.17, 15) is 9.00 Å². The smallest absolute Gasteiger partial charge is 0.193 e. The third-order valence-electron chi connectivity index (χ3n) is 7.46. The van der Waals surface area contributed by atoms with Crippen molar-refractivity contribution >= 4 is 28.0 Å². The number of carbonyl (C=O) groups is 1. The Balaban J connectivity index is 1.30. The Bertz CT molecular complexity index is 999. The molecule has 2 aromatic carbocycles. The summed E-state index contributed by atoms with van der Waals surface area (Å²) in [6.07, 6.45) is 8.76. The van der Waals surface area contributed by atoms with Crippen molar-refractivity contribution in [2.75, 3.05) is 26.2 Å². The van der Waals surface area contributed by atoms with E-state index in [-0.39, 0.29) is 0 Å². The number of likely N-dealkylation sites (tertiary alicyclic amines) is 1. The molecule has 2 aliphatic rings. The van der Waals surface area contributed by atoms with Crippen LogP contribution in [-0.4, -0.2) is 40.5 Å². The molecule has 6 heteroatoms. The first-order valence-corrected chi connectivity index (χ1v) is 15.1. The number of hydrogen-bond donors (Lipinski definition) is 0. The lowest BCUT2D eigenvalue weighted by atomic mass is 9.83. The highest BCUT2D eigenvalue weighted by Crippen LogP contribution is 2.42. The second kappa shape index (κ2) is 13.2. The Hall–Kier alpha value is -1.47. The SMILES string of the molecule is Cc1ccc(S(=O)OCCCc2ccc3c(c2)SC(=O)CC(CCN2CCCCCC2)C3C)cc1. The third kappa shape index (κ3) is 7.75. The van der Waals surface area contributed by atoms with E-state index in [4.69, 9.17) is 4.18 Å². The number of nitrogens with zero attached hydrogens (tertiary/aromatic N) is 1. The van der Waals surface area contributed by atoms with E-state index in [1.54, 1.807) is 0 Å². The maximum absolute atomic E-state index is 12.8. The molecule has 4 rings (SSSR count). The largest absolute Gasteiger partial charge is 0.303 e. The average Bonchev–Trinajstić information content (AvgIpc) is 3.18. The molecule has 0 amide bonds. The van der Waals surface area contributed by atoms with E-state index in [1.165, 1.54) is 61.7 Å². The molecule has 0 spiro atoms. The zero-order chi connectivity index (χ0) is 24.6. The minimum absolute atomic E-state index is 0.297. The summed E-state index contributed by atoms with van der Waals surface area (Å²) in [6.45, 7) is 8.30. The van der Waals surface area contributed by atoms with E-state index in [0.717, 1.165) is 36.3 Å². The molecule has 0 saturated carbocycles. The predicted molar refractivity (Wildman–Crippen MR) is 145 cm³/mol. The molecule has 0 radical (unpaired) electrons. The van der Waals surface area contributed by atoms with Crippen molar-refractivity contribution in [2.45, 2.75) is 80.9 Å². The summed E-state index contributed by atoms with van der Waals surface area (Å²) in [5, 5.41) is 0.297. The van der Waals surface area contributed by atoms with Crippen LogP contribution >= 0.6 is 11.8 Å². The molecule has 2 heterocycles. The van der Waals surface area contributed by atoms with Gasteiger partial charge in [-0.25, -0.2) is 4.21 Å². The van der Waals surface area contributed by atoms with E-state index in [1.807, 2.05) is 31.2 Å². The number of aryl methyl sites for hydroxylation is 2. The molecule has 1 fully saturated rings. The minimum Gasteiger partial charge on any atom is -0.303 e. The van der Waals surface area contributed by atoms with Crippen molar-refractivity contribution in [1.29, 1.82) is 0 Å². The Morgan fingerprint density at radius 1 is 1.06 bits per heavy atom. The molecule has 3 unspecified atom stereocenters. The summed E-state index contributed by atoms with van der Waals surface area (Å²) < 4.78 is 17.9. The van der Waals surface area contributed by atoms with E-state index < -0.39 is 11.1 Å². The lowest BCUT2D eigenvalue weighted by Gasteiger charge is -2.26. The van der Waals surface area contributed by atoms with Gasteiger partial charge in [0.2, 0.25) is 0 Å². The van der Waals surface area contributed by atoms with Crippen molar-refractivity contribution in [3.8, 4) is 0 Å². The van der Waals surface area contributed by atoms with Crippen molar-refractivity contribution in [2.24, 2.45) is 5.92 Å². The van der Waals surface area contributed by atoms with Gasteiger partial charge in [-0.15, -0.1) is 0 Å². The number of hydrogen-bond acceptors (Lipinski definition) is 5. The van der Waals surface area contributed by atoms with Crippen LogP contribution in [0.15, 0.2) is 52.3 Å². The zero-order valence-corrected chi connectivity index (χ0v) is 22.8. The van der Waals surface area contributed by atoms with Gasteiger partial charge in [-0.1, -0.05) is 61.4 Å². The van der Waals surface area contributed by atoms with Gasteiger partial charge >= 0.3 is 0 Å². The lowest BCUT2D eigenvalue weighted by Crippen LogP contribution is -2.28. The monoisotopic (exact) mass is 513 g/mol.